The van der Waals surface area contributed by atoms with E-state index >= 15 is 0 Å². The second-order valence-corrected chi connectivity index (χ2v) is 10.0. The number of esters is 1. The predicted molar refractivity (Wildman–Crippen MR) is 95.0 cm³/mol. The molecule has 2 saturated carbocycles. The fourth-order valence-corrected chi connectivity index (χ4v) is 6.97. The molecular formula is C21H33NO3. The van der Waals surface area contributed by atoms with Gasteiger partial charge in [0.25, 0.3) is 0 Å². The highest BCUT2D eigenvalue weighted by atomic mass is 16.6. The Labute approximate surface area is 151 Å². The summed E-state index contributed by atoms with van der Waals surface area (Å²) in [5.74, 6) is 1.81. The number of fused-ring (bicyclic) bond motifs is 2. The van der Waals surface area contributed by atoms with E-state index in [2.05, 4.69) is 25.7 Å². The largest absolute Gasteiger partial charge is 0.462 e. The van der Waals surface area contributed by atoms with Crippen molar-refractivity contribution >= 4 is 5.97 Å². The molecule has 0 radical (unpaired) electrons. The number of piperidine rings is 1. The molecule has 5 aliphatic rings. The lowest BCUT2D eigenvalue weighted by molar-refractivity contribution is -0.146. The van der Waals surface area contributed by atoms with Crippen molar-refractivity contribution < 1.29 is 14.3 Å². The maximum Gasteiger partial charge on any atom is 0.311 e. The van der Waals surface area contributed by atoms with Gasteiger partial charge in [-0.1, -0.05) is 27.2 Å². The fourth-order valence-electron chi connectivity index (χ4n) is 6.97. The molecule has 0 unspecified atom stereocenters. The van der Waals surface area contributed by atoms with E-state index < -0.39 is 0 Å². The first-order valence-corrected chi connectivity index (χ1v) is 10.6. The van der Waals surface area contributed by atoms with Gasteiger partial charge in [-0.2, -0.15) is 0 Å². The van der Waals surface area contributed by atoms with E-state index in [1.165, 1.54) is 32.1 Å². The summed E-state index contributed by atoms with van der Waals surface area (Å²) in [5.41, 5.74) is 0.237. The number of likely N-dealkylation sites (tertiary alicyclic amines) is 1. The number of nitrogens with zero attached hydrogens (tertiary/aromatic N) is 1. The molecule has 0 N–H and O–H groups in total. The molecule has 140 valence electrons. The van der Waals surface area contributed by atoms with Gasteiger partial charge in [0.15, 0.2) is 0 Å². The Balaban J connectivity index is 1.37. The van der Waals surface area contributed by atoms with Gasteiger partial charge in [-0.25, -0.2) is 0 Å². The van der Waals surface area contributed by atoms with Crippen LogP contribution in [0, 0.1) is 29.1 Å². The number of carbonyl (C=O) groups excluding carboxylic acids is 1. The van der Waals surface area contributed by atoms with Crippen molar-refractivity contribution in [2.45, 2.75) is 77.1 Å². The van der Waals surface area contributed by atoms with Crippen molar-refractivity contribution in [3.63, 3.8) is 0 Å². The second kappa shape index (κ2) is 5.45. The summed E-state index contributed by atoms with van der Waals surface area (Å²) in [6.07, 6.45) is 7.66. The van der Waals surface area contributed by atoms with Crippen LogP contribution in [0.25, 0.3) is 0 Å². The highest BCUT2D eigenvalue weighted by Crippen LogP contribution is 2.70. The number of carbonyl (C=O) groups is 1. The van der Waals surface area contributed by atoms with Crippen molar-refractivity contribution in [2.24, 2.45) is 29.1 Å². The van der Waals surface area contributed by atoms with Crippen molar-refractivity contribution in [1.82, 2.24) is 4.90 Å². The Morgan fingerprint density at radius 2 is 1.96 bits per heavy atom. The van der Waals surface area contributed by atoms with E-state index in [-0.39, 0.29) is 35.1 Å². The molecule has 25 heavy (non-hydrogen) atoms. The maximum absolute atomic E-state index is 12.7. The van der Waals surface area contributed by atoms with Gasteiger partial charge >= 0.3 is 5.97 Å². The zero-order valence-electron chi connectivity index (χ0n) is 16.0. The molecule has 2 aliphatic carbocycles. The molecule has 5 fully saturated rings. The van der Waals surface area contributed by atoms with Crippen LogP contribution in [-0.4, -0.2) is 48.3 Å². The predicted octanol–water partition coefficient (Wildman–Crippen LogP) is 3.24. The summed E-state index contributed by atoms with van der Waals surface area (Å²) in [6.45, 7) is 10.3. The summed E-state index contributed by atoms with van der Waals surface area (Å²) in [6, 6.07) is 0. The Hall–Kier alpha value is -0.610. The van der Waals surface area contributed by atoms with Gasteiger partial charge in [0, 0.05) is 17.9 Å². The minimum absolute atomic E-state index is 0.0291. The lowest BCUT2D eigenvalue weighted by Gasteiger charge is -2.49. The van der Waals surface area contributed by atoms with Crippen LogP contribution in [0.5, 0.6) is 0 Å². The maximum atomic E-state index is 12.7. The first kappa shape index (κ1) is 16.6. The quantitative estimate of drug-likeness (QED) is 0.568. The summed E-state index contributed by atoms with van der Waals surface area (Å²) < 4.78 is 12.5. The second-order valence-electron chi connectivity index (χ2n) is 10.0. The molecule has 7 atom stereocenters. The number of epoxide rings is 1. The van der Waals surface area contributed by atoms with Gasteiger partial charge in [0.1, 0.15) is 11.7 Å². The highest BCUT2D eigenvalue weighted by Gasteiger charge is 2.78. The number of hydrogen-bond donors (Lipinski definition) is 0. The van der Waals surface area contributed by atoms with E-state index in [1.807, 2.05) is 0 Å². The van der Waals surface area contributed by atoms with Crippen LogP contribution in [0.2, 0.25) is 0 Å². The summed E-state index contributed by atoms with van der Waals surface area (Å²) in [5, 5.41) is 0. The number of ether oxygens (including phenoxy) is 2. The van der Waals surface area contributed by atoms with Gasteiger partial charge in [0.05, 0.1) is 12.0 Å². The minimum Gasteiger partial charge on any atom is -0.462 e. The van der Waals surface area contributed by atoms with Crippen molar-refractivity contribution in [3.8, 4) is 0 Å². The zero-order chi connectivity index (χ0) is 17.4. The van der Waals surface area contributed by atoms with Crippen molar-refractivity contribution in [2.75, 3.05) is 19.6 Å². The lowest BCUT2D eigenvalue weighted by Crippen LogP contribution is -2.54. The molecule has 4 heteroatoms. The van der Waals surface area contributed by atoms with Gasteiger partial charge in [-0.05, 0) is 57.0 Å². The summed E-state index contributed by atoms with van der Waals surface area (Å²) in [7, 11) is 0. The molecule has 3 heterocycles. The Kier molecular flexibility index (Phi) is 3.61. The fraction of sp³-hybridized carbons (Fsp3) is 0.952. The third kappa shape index (κ3) is 2.22. The average Bonchev–Trinajstić information content (AvgIpc) is 3.25. The molecule has 0 amide bonds. The van der Waals surface area contributed by atoms with Crippen LogP contribution in [0.1, 0.15) is 59.3 Å². The topological polar surface area (TPSA) is 42.1 Å². The third-order valence-corrected chi connectivity index (χ3v) is 8.53. The van der Waals surface area contributed by atoms with Crippen LogP contribution in [0.3, 0.4) is 0 Å². The number of rotatable bonds is 2. The third-order valence-electron chi connectivity index (χ3n) is 8.53. The summed E-state index contributed by atoms with van der Waals surface area (Å²) >= 11 is 0. The molecule has 0 aromatic rings. The first-order valence-electron chi connectivity index (χ1n) is 10.6. The SMILES string of the molecule is CC1CCN(C[C@@H]2C(=O)O[C@H]3C[C@]4(C)CCC[C@@H](C)[C@@]45O[C@H]5[C@@H]32)CC1. The van der Waals surface area contributed by atoms with Crippen LogP contribution in [-0.2, 0) is 14.3 Å². The van der Waals surface area contributed by atoms with Crippen LogP contribution in [0.4, 0.5) is 0 Å². The summed E-state index contributed by atoms with van der Waals surface area (Å²) in [4.78, 5) is 15.2. The van der Waals surface area contributed by atoms with Crippen molar-refractivity contribution in [1.29, 1.82) is 0 Å². The highest BCUT2D eigenvalue weighted by molar-refractivity contribution is 5.76. The molecule has 1 spiro atoms. The normalized spacial score (nSPS) is 52.9. The first-order chi connectivity index (χ1) is 11.9. The molecule has 0 aromatic carbocycles. The van der Waals surface area contributed by atoms with Gasteiger partial charge in [0.2, 0.25) is 0 Å². The van der Waals surface area contributed by atoms with Crippen LogP contribution in [0.15, 0.2) is 0 Å². The molecular weight excluding hydrogens is 314 g/mol. The Morgan fingerprint density at radius 3 is 2.72 bits per heavy atom. The van der Waals surface area contributed by atoms with E-state index in [1.54, 1.807) is 0 Å². The monoisotopic (exact) mass is 347 g/mol. The molecule has 3 saturated heterocycles. The molecule has 3 aliphatic heterocycles. The zero-order valence-corrected chi connectivity index (χ0v) is 16.0. The van der Waals surface area contributed by atoms with Crippen molar-refractivity contribution in [3.05, 3.63) is 0 Å². The van der Waals surface area contributed by atoms with Crippen LogP contribution >= 0.6 is 0 Å². The molecule has 0 bridgehead atoms. The van der Waals surface area contributed by atoms with Gasteiger partial charge < -0.3 is 14.4 Å². The molecule has 4 nitrogen and oxygen atoms in total. The molecule has 0 aromatic heterocycles. The van der Waals surface area contributed by atoms with E-state index in [9.17, 15) is 4.79 Å². The van der Waals surface area contributed by atoms with E-state index in [0.717, 1.165) is 32.0 Å². The standard InChI is InChI=1S/C21H33NO3/c1-13-6-9-22(10-7-13)12-15-17-16(24-19(15)23)11-20(3)8-4-5-14(2)21(20)18(17)25-21/h13-18H,4-12H2,1-3H3/t14-,15+,16+,17-,18+,20+,21+/m1/s1. The Bertz CT molecular complexity index is 571. The minimum atomic E-state index is 0.0291. The van der Waals surface area contributed by atoms with Gasteiger partial charge in [-0.15, -0.1) is 0 Å². The Morgan fingerprint density at radius 1 is 1.20 bits per heavy atom. The average molecular weight is 347 g/mol. The van der Waals surface area contributed by atoms with Crippen LogP contribution < -0.4 is 0 Å². The van der Waals surface area contributed by atoms with E-state index in [0.29, 0.717) is 11.8 Å². The number of hydrogen-bond acceptors (Lipinski definition) is 4. The van der Waals surface area contributed by atoms with E-state index in [4.69, 9.17) is 9.47 Å². The van der Waals surface area contributed by atoms with Gasteiger partial charge in [-0.3, -0.25) is 4.79 Å². The molecule has 5 rings (SSSR count). The lowest BCUT2D eigenvalue weighted by atomic mass is 9.53. The smallest absolute Gasteiger partial charge is 0.311 e.